The van der Waals surface area contributed by atoms with E-state index in [9.17, 15) is 9.59 Å². The number of carbonyl (C=O) groups excluding carboxylic acids is 2. The Bertz CT molecular complexity index is 329. The molecule has 2 aliphatic heterocycles. The largest absolute Gasteiger partial charge is 0.468 e. The lowest BCUT2D eigenvalue weighted by atomic mass is 10.2. The summed E-state index contributed by atoms with van der Waals surface area (Å²) >= 11 is 0. The maximum absolute atomic E-state index is 11.9. The Morgan fingerprint density at radius 2 is 2.21 bits per heavy atom. The fourth-order valence-corrected chi connectivity index (χ4v) is 2.69. The summed E-state index contributed by atoms with van der Waals surface area (Å²) in [6, 6.07) is -0.265. The van der Waals surface area contributed by atoms with E-state index in [1.54, 1.807) is 0 Å². The van der Waals surface area contributed by atoms with Crippen molar-refractivity contribution in [1.82, 2.24) is 10.2 Å². The second kappa shape index (κ2) is 6.86. The lowest BCUT2D eigenvalue weighted by Crippen LogP contribution is -2.44. The summed E-state index contributed by atoms with van der Waals surface area (Å²) in [6.07, 6.45) is 3.93. The minimum Gasteiger partial charge on any atom is -0.468 e. The minimum atomic E-state index is -0.265. The van der Waals surface area contributed by atoms with Crippen LogP contribution in [0.2, 0.25) is 0 Å². The molecule has 2 aliphatic rings. The van der Waals surface area contributed by atoms with E-state index in [2.05, 4.69) is 5.32 Å². The topological polar surface area (TPSA) is 67.9 Å². The van der Waals surface area contributed by atoms with E-state index in [-0.39, 0.29) is 30.6 Å². The second-order valence-electron chi connectivity index (χ2n) is 5.09. The molecule has 0 bridgehead atoms. The normalized spacial score (nSPS) is 27.4. The zero-order valence-electron chi connectivity index (χ0n) is 11.4. The van der Waals surface area contributed by atoms with Gasteiger partial charge < -0.3 is 14.8 Å². The van der Waals surface area contributed by atoms with Gasteiger partial charge in [0.05, 0.1) is 19.8 Å². The molecule has 6 heteroatoms. The molecule has 2 heterocycles. The molecule has 1 N–H and O–H groups in total. The Balaban J connectivity index is 1.73. The summed E-state index contributed by atoms with van der Waals surface area (Å²) in [5.74, 6) is -0.296. The van der Waals surface area contributed by atoms with Crippen molar-refractivity contribution in [1.29, 1.82) is 0 Å². The van der Waals surface area contributed by atoms with Gasteiger partial charge in [0.1, 0.15) is 6.04 Å². The van der Waals surface area contributed by atoms with Crippen molar-refractivity contribution in [3.05, 3.63) is 0 Å². The van der Waals surface area contributed by atoms with Gasteiger partial charge in [-0.2, -0.15) is 0 Å². The van der Waals surface area contributed by atoms with Gasteiger partial charge in [-0.05, 0) is 32.2 Å². The molecule has 2 rings (SSSR count). The van der Waals surface area contributed by atoms with Gasteiger partial charge in [-0.25, -0.2) is 0 Å². The Kier molecular flexibility index (Phi) is 5.15. The van der Waals surface area contributed by atoms with Crippen LogP contribution in [-0.2, 0) is 19.1 Å². The van der Waals surface area contributed by atoms with Crippen LogP contribution in [0.4, 0.5) is 0 Å². The quantitative estimate of drug-likeness (QED) is 0.708. The van der Waals surface area contributed by atoms with Crippen LogP contribution in [0.25, 0.3) is 0 Å². The number of esters is 1. The summed E-state index contributed by atoms with van der Waals surface area (Å²) in [7, 11) is 1.39. The molecular weight excluding hydrogens is 248 g/mol. The maximum atomic E-state index is 11.9. The van der Waals surface area contributed by atoms with Crippen molar-refractivity contribution in [2.75, 3.05) is 33.4 Å². The zero-order chi connectivity index (χ0) is 13.7. The highest BCUT2D eigenvalue weighted by Gasteiger charge is 2.32. The van der Waals surface area contributed by atoms with E-state index in [1.807, 2.05) is 4.90 Å². The van der Waals surface area contributed by atoms with Crippen molar-refractivity contribution >= 4 is 11.9 Å². The Morgan fingerprint density at radius 3 is 2.89 bits per heavy atom. The first-order valence-electron chi connectivity index (χ1n) is 6.91. The third-order valence-corrected chi connectivity index (χ3v) is 3.73. The number of nitrogens with zero attached hydrogens (tertiary/aromatic N) is 1. The number of likely N-dealkylation sites (tertiary alicyclic amines) is 1. The average Bonchev–Trinajstić information content (AvgIpc) is 3.06. The van der Waals surface area contributed by atoms with Gasteiger partial charge in [0.15, 0.2) is 0 Å². The van der Waals surface area contributed by atoms with E-state index in [0.29, 0.717) is 6.54 Å². The zero-order valence-corrected chi connectivity index (χ0v) is 11.4. The van der Waals surface area contributed by atoms with Crippen LogP contribution in [0, 0.1) is 0 Å². The predicted molar refractivity (Wildman–Crippen MR) is 68.6 cm³/mol. The number of amides is 1. The molecule has 0 aromatic rings. The molecule has 108 valence electrons. The molecular formula is C13H22N2O4. The van der Waals surface area contributed by atoms with Crippen LogP contribution in [0.3, 0.4) is 0 Å². The van der Waals surface area contributed by atoms with Gasteiger partial charge in [-0.15, -0.1) is 0 Å². The molecule has 2 atom stereocenters. The molecule has 2 saturated heterocycles. The Labute approximate surface area is 113 Å². The van der Waals surface area contributed by atoms with Crippen LogP contribution in [0.15, 0.2) is 0 Å². The molecule has 1 amide bonds. The predicted octanol–water partition coefficient (Wildman–Crippen LogP) is -0.0810. The number of hydrogen-bond donors (Lipinski definition) is 1. The molecule has 0 aromatic carbocycles. The van der Waals surface area contributed by atoms with Crippen molar-refractivity contribution < 1.29 is 19.1 Å². The first-order valence-corrected chi connectivity index (χ1v) is 6.91. The highest BCUT2D eigenvalue weighted by Crippen LogP contribution is 2.17. The molecule has 0 radical (unpaired) electrons. The molecule has 0 spiro atoms. The number of nitrogens with one attached hydrogen (secondary N) is 1. The number of carbonyl (C=O) groups is 2. The number of methoxy groups -OCH3 is 1. The third-order valence-electron chi connectivity index (χ3n) is 3.73. The Hall–Kier alpha value is -1.14. The van der Waals surface area contributed by atoms with Crippen molar-refractivity contribution in [2.45, 2.75) is 37.8 Å². The highest BCUT2D eigenvalue weighted by molar-refractivity contribution is 5.80. The fraction of sp³-hybridized carbons (Fsp3) is 0.846. The number of ether oxygens (including phenoxy) is 2. The molecule has 6 nitrogen and oxygen atoms in total. The second-order valence-corrected chi connectivity index (χ2v) is 5.09. The Morgan fingerprint density at radius 1 is 1.37 bits per heavy atom. The van der Waals surface area contributed by atoms with Crippen LogP contribution >= 0.6 is 0 Å². The minimum absolute atomic E-state index is 0.0497. The van der Waals surface area contributed by atoms with Gasteiger partial charge in [0, 0.05) is 13.2 Å². The van der Waals surface area contributed by atoms with Crippen LogP contribution in [-0.4, -0.2) is 62.3 Å². The maximum Gasteiger partial charge on any atom is 0.323 e. The molecule has 2 fully saturated rings. The average molecular weight is 270 g/mol. The van der Waals surface area contributed by atoms with Gasteiger partial charge in [0.25, 0.3) is 0 Å². The summed E-state index contributed by atoms with van der Waals surface area (Å²) < 4.78 is 10.2. The van der Waals surface area contributed by atoms with Crippen LogP contribution in [0.5, 0.6) is 0 Å². The summed E-state index contributed by atoms with van der Waals surface area (Å²) in [5, 5.41) is 2.87. The van der Waals surface area contributed by atoms with Crippen molar-refractivity contribution in [3.8, 4) is 0 Å². The van der Waals surface area contributed by atoms with Gasteiger partial charge >= 0.3 is 5.97 Å². The van der Waals surface area contributed by atoms with Crippen molar-refractivity contribution in [2.24, 2.45) is 0 Å². The molecule has 0 aromatic heterocycles. The van der Waals surface area contributed by atoms with Crippen LogP contribution in [0.1, 0.15) is 25.7 Å². The van der Waals surface area contributed by atoms with E-state index < -0.39 is 0 Å². The third kappa shape index (κ3) is 3.91. The smallest absolute Gasteiger partial charge is 0.323 e. The van der Waals surface area contributed by atoms with Crippen molar-refractivity contribution in [3.63, 3.8) is 0 Å². The van der Waals surface area contributed by atoms with E-state index in [1.165, 1.54) is 7.11 Å². The monoisotopic (exact) mass is 270 g/mol. The first kappa shape index (κ1) is 14.3. The summed E-state index contributed by atoms with van der Waals surface area (Å²) in [5.41, 5.74) is 0. The molecule has 0 saturated carbocycles. The lowest BCUT2D eigenvalue weighted by Gasteiger charge is -2.22. The first-order chi connectivity index (χ1) is 9.20. The van der Waals surface area contributed by atoms with E-state index in [4.69, 9.17) is 9.47 Å². The lowest BCUT2D eigenvalue weighted by molar-refractivity contribution is -0.146. The molecule has 19 heavy (non-hydrogen) atoms. The molecule has 0 aliphatic carbocycles. The molecule has 2 unspecified atom stereocenters. The van der Waals surface area contributed by atoms with Gasteiger partial charge in [-0.1, -0.05) is 0 Å². The number of rotatable bonds is 5. The fourth-order valence-electron chi connectivity index (χ4n) is 2.69. The SMILES string of the molecule is COC(=O)C1CCCN1CC(=O)NCC1CCCO1. The van der Waals surface area contributed by atoms with Gasteiger partial charge in [-0.3, -0.25) is 14.5 Å². The van der Waals surface area contributed by atoms with E-state index in [0.717, 1.165) is 38.8 Å². The summed E-state index contributed by atoms with van der Waals surface area (Å²) in [6.45, 7) is 2.38. The number of hydrogen-bond acceptors (Lipinski definition) is 5. The standard InChI is InChI=1S/C13H22N2O4/c1-18-13(17)11-5-2-6-15(11)9-12(16)14-8-10-4-3-7-19-10/h10-11H,2-9H2,1H3,(H,14,16). The summed E-state index contributed by atoms with van der Waals surface area (Å²) in [4.78, 5) is 25.3. The highest BCUT2D eigenvalue weighted by atomic mass is 16.5. The van der Waals surface area contributed by atoms with E-state index >= 15 is 0 Å². The van der Waals surface area contributed by atoms with Gasteiger partial charge in [0.2, 0.25) is 5.91 Å². The van der Waals surface area contributed by atoms with Crippen LogP contribution < -0.4 is 5.32 Å².